The molecule has 7 nitrogen and oxygen atoms in total. The van der Waals surface area contributed by atoms with Crippen LogP contribution < -0.4 is 10.0 Å². The second kappa shape index (κ2) is 9.02. The predicted molar refractivity (Wildman–Crippen MR) is 101 cm³/mol. The lowest BCUT2D eigenvalue weighted by Gasteiger charge is -2.32. The van der Waals surface area contributed by atoms with E-state index >= 15 is 0 Å². The Morgan fingerprint density at radius 2 is 1.92 bits per heavy atom. The molecule has 2 rings (SSSR count). The molecule has 1 saturated heterocycles. The van der Waals surface area contributed by atoms with Crippen LogP contribution in [-0.2, 0) is 14.8 Å². The summed E-state index contributed by atoms with van der Waals surface area (Å²) in [6.07, 6.45) is 4.64. The van der Waals surface area contributed by atoms with Crippen molar-refractivity contribution in [3.8, 4) is 0 Å². The van der Waals surface area contributed by atoms with Crippen LogP contribution in [0.25, 0.3) is 0 Å². The van der Waals surface area contributed by atoms with E-state index in [1.54, 1.807) is 29.2 Å². The van der Waals surface area contributed by atoms with Crippen molar-refractivity contribution in [2.45, 2.75) is 32.6 Å². The van der Waals surface area contributed by atoms with E-state index in [1.165, 1.54) is 0 Å². The van der Waals surface area contributed by atoms with Crippen LogP contribution >= 0.6 is 0 Å². The van der Waals surface area contributed by atoms with E-state index in [1.807, 2.05) is 0 Å². The van der Waals surface area contributed by atoms with Crippen molar-refractivity contribution < 1.29 is 18.0 Å². The summed E-state index contributed by atoms with van der Waals surface area (Å²) in [7, 11) is -3.35. The molecule has 1 aliphatic heterocycles. The molecule has 144 valence electrons. The van der Waals surface area contributed by atoms with E-state index in [0.29, 0.717) is 30.9 Å². The first-order valence-corrected chi connectivity index (χ1v) is 10.8. The number of carbonyl (C=O) groups is 2. The van der Waals surface area contributed by atoms with Crippen LogP contribution in [0.4, 0.5) is 5.69 Å². The normalized spacial score (nSPS) is 17.6. The van der Waals surface area contributed by atoms with Gasteiger partial charge in [-0.3, -0.25) is 14.3 Å². The third kappa shape index (κ3) is 6.01. The van der Waals surface area contributed by atoms with E-state index in [4.69, 9.17) is 0 Å². The fourth-order valence-electron chi connectivity index (χ4n) is 2.99. The van der Waals surface area contributed by atoms with Gasteiger partial charge in [0.25, 0.3) is 5.91 Å². The van der Waals surface area contributed by atoms with Gasteiger partial charge in [0.15, 0.2) is 0 Å². The molecule has 0 aliphatic carbocycles. The quantitative estimate of drug-likeness (QED) is 0.704. The smallest absolute Gasteiger partial charge is 0.253 e. The second-order valence-electron chi connectivity index (χ2n) is 6.69. The SMILES string of the molecule is CCCCNC(=O)C1CCCN(C(=O)c2ccc(NS(C)(=O)=O)cc2)C1. The largest absolute Gasteiger partial charge is 0.356 e. The lowest BCUT2D eigenvalue weighted by molar-refractivity contribution is -0.126. The summed E-state index contributed by atoms with van der Waals surface area (Å²) in [6.45, 7) is 3.79. The van der Waals surface area contributed by atoms with Gasteiger partial charge in [-0.1, -0.05) is 13.3 Å². The number of amides is 2. The van der Waals surface area contributed by atoms with Gasteiger partial charge < -0.3 is 10.2 Å². The van der Waals surface area contributed by atoms with Crippen molar-refractivity contribution in [2.24, 2.45) is 5.92 Å². The summed E-state index contributed by atoms with van der Waals surface area (Å²) in [6, 6.07) is 6.32. The number of rotatable bonds is 7. The van der Waals surface area contributed by atoms with Crippen LogP contribution in [0, 0.1) is 5.92 Å². The molecule has 2 N–H and O–H groups in total. The Labute approximate surface area is 155 Å². The average molecular weight is 381 g/mol. The number of piperidine rings is 1. The van der Waals surface area contributed by atoms with Crippen molar-refractivity contribution in [2.75, 3.05) is 30.6 Å². The number of nitrogens with one attached hydrogen (secondary N) is 2. The Balaban J connectivity index is 1.97. The molecule has 8 heteroatoms. The molecule has 1 atom stereocenters. The molecule has 26 heavy (non-hydrogen) atoms. The van der Waals surface area contributed by atoms with Crippen LogP contribution in [0.1, 0.15) is 43.0 Å². The number of sulfonamides is 1. The number of hydrogen-bond donors (Lipinski definition) is 2. The Morgan fingerprint density at radius 1 is 1.23 bits per heavy atom. The van der Waals surface area contributed by atoms with Crippen LogP contribution in [0.15, 0.2) is 24.3 Å². The minimum Gasteiger partial charge on any atom is -0.356 e. The highest BCUT2D eigenvalue weighted by Gasteiger charge is 2.28. The van der Waals surface area contributed by atoms with Crippen molar-refractivity contribution in [3.05, 3.63) is 29.8 Å². The predicted octanol–water partition coefficient (Wildman–Crippen LogP) is 1.83. The van der Waals surface area contributed by atoms with Crippen LogP contribution in [0.5, 0.6) is 0 Å². The first kappa shape index (κ1) is 20.2. The van der Waals surface area contributed by atoms with Crippen molar-refractivity contribution in [1.29, 1.82) is 0 Å². The van der Waals surface area contributed by atoms with E-state index in [2.05, 4.69) is 17.0 Å². The molecule has 1 fully saturated rings. The van der Waals surface area contributed by atoms with Crippen LogP contribution in [0.3, 0.4) is 0 Å². The molecule has 0 radical (unpaired) electrons. The Bertz CT molecular complexity index is 731. The maximum atomic E-state index is 12.7. The number of unbranched alkanes of at least 4 members (excludes halogenated alkanes) is 1. The highest BCUT2D eigenvalue weighted by Crippen LogP contribution is 2.20. The molecular formula is C18H27N3O4S. The molecule has 1 unspecified atom stereocenters. The van der Waals surface area contributed by atoms with Crippen LogP contribution in [0.2, 0.25) is 0 Å². The average Bonchev–Trinajstić information content (AvgIpc) is 2.60. The maximum absolute atomic E-state index is 12.7. The van der Waals surface area contributed by atoms with Crippen LogP contribution in [-0.4, -0.2) is 51.0 Å². The molecule has 0 bridgehead atoms. The van der Waals surface area contributed by atoms with Gasteiger partial charge in [-0.25, -0.2) is 8.42 Å². The third-order valence-corrected chi connectivity index (χ3v) is 4.95. The van der Waals surface area contributed by atoms with Crippen molar-refractivity contribution in [3.63, 3.8) is 0 Å². The summed E-state index contributed by atoms with van der Waals surface area (Å²) in [5, 5.41) is 2.94. The van der Waals surface area contributed by atoms with E-state index in [9.17, 15) is 18.0 Å². The highest BCUT2D eigenvalue weighted by molar-refractivity contribution is 7.92. The van der Waals surface area contributed by atoms with Gasteiger partial charge in [0.2, 0.25) is 15.9 Å². The zero-order chi connectivity index (χ0) is 19.2. The molecule has 1 aromatic carbocycles. The minimum absolute atomic E-state index is 0.0173. The van der Waals surface area contributed by atoms with Gasteiger partial charge in [0, 0.05) is 30.9 Å². The third-order valence-electron chi connectivity index (χ3n) is 4.34. The standard InChI is InChI=1S/C18H27N3O4S/c1-3-4-11-19-17(22)15-6-5-12-21(13-15)18(23)14-7-9-16(10-8-14)20-26(2,24)25/h7-10,15,20H,3-6,11-13H2,1-2H3,(H,19,22). The molecule has 0 aromatic heterocycles. The fraction of sp³-hybridized carbons (Fsp3) is 0.556. The number of benzene rings is 1. The number of hydrogen-bond acceptors (Lipinski definition) is 4. The molecule has 1 heterocycles. The molecular weight excluding hydrogens is 354 g/mol. The highest BCUT2D eigenvalue weighted by atomic mass is 32.2. The Morgan fingerprint density at radius 3 is 2.54 bits per heavy atom. The minimum atomic E-state index is -3.35. The number of anilines is 1. The van der Waals surface area contributed by atoms with E-state index in [-0.39, 0.29) is 17.7 Å². The zero-order valence-electron chi connectivity index (χ0n) is 15.3. The Kier molecular flexibility index (Phi) is 7.02. The number of carbonyl (C=O) groups excluding carboxylic acids is 2. The molecule has 2 amide bonds. The fourth-order valence-corrected chi connectivity index (χ4v) is 3.55. The lowest BCUT2D eigenvalue weighted by Crippen LogP contribution is -2.45. The molecule has 1 aliphatic rings. The first-order chi connectivity index (χ1) is 12.3. The van der Waals surface area contributed by atoms with Gasteiger partial charge in [-0.2, -0.15) is 0 Å². The summed E-state index contributed by atoms with van der Waals surface area (Å²) in [5.41, 5.74) is 0.895. The molecule has 0 spiro atoms. The lowest BCUT2D eigenvalue weighted by atomic mass is 9.96. The summed E-state index contributed by atoms with van der Waals surface area (Å²) >= 11 is 0. The number of likely N-dealkylation sites (tertiary alicyclic amines) is 1. The van der Waals surface area contributed by atoms with Gasteiger partial charge in [0.1, 0.15) is 0 Å². The maximum Gasteiger partial charge on any atom is 0.253 e. The number of nitrogens with zero attached hydrogens (tertiary/aromatic N) is 1. The van der Waals surface area contributed by atoms with Gasteiger partial charge >= 0.3 is 0 Å². The Hall–Kier alpha value is -2.09. The van der Waals surface area contributed by atoms with E-state index < -0.39 is 10.0 Å². The van der Waals surface area contributed by atoms with Gasteiger partial charge in [-0.05, 0) is 43.5 Å². The summed E-state index contributed by atoms with van der Waals surface area (Å²) in [5.74, 6) is -0.290. The molecule has 0 saturated carbocycles. The summed E-state index contributed by atoms with van der Waals surface area (Å²) in [4.78, 5) is 26.6. The van der Waals surface area contributed by atoms with Gasteiger partial charge in [-0.15, -0.1) is 0 Å². The monoisotopic (exact) mass is 381 g/mol. The first-order valence-electron chi connectivity index (χ1n) is 8.95. The zero-order valence-corrected chi connectivity index (χ0v) is 16.1. The van der Waals surface area contributed by atoms with E-state index in [0.717, 1.165) is 31.9 Å². The summed E-state index contributed by atoms with van der Waals surface area (Å²) < 4.78 is 24.8. The van der Waals surface area contributed by atoms with Crippen molar-refractivity contribution in [1.82, 2.24) is 10.2 Å². The van der Waals surface area contributed by atoms with Gasteiger partial charge in [0.05, 0.1) is 12.2 Å². The second-order valence-corrected chi connectivity index (χ2v) is 8.43. The topological polar surface area (TPSA) is 95.6 Å². The van der Waals surface area contributed by atoms with Crippen molar-refractivity contribution >= 4 is 27.5 Å². The molecule has 1 aromatic rings.